The second-order valence-corrected chi connectivity index (χ2v) is 15.9. The maximum Gasteiger partial charge on any atom is 0.308 e. The van der Waals surface area contributed by atoms with E-state index in [1.54, 1.807) is 11.3 Å². The van der Waals surface area contributed by atoms with Gasteiger partial charge in [-0.05, 0) is 57.7 Å². The maximum absolute atomic E-state index is 13.1. The molecule has 0 atom stereocenters. The van der Waals surface area contributed by atoms with Crippen LogP contribution in [0.15, 0.2) is 0 Å². The molecule has 1 heterocycles. The van der Waals surface area contributed by atoms with Crippen molar-refractivity contribution in [2.75, 3.05) is 7.11 Å². The van der Waals surface area contributed by atoms with Crippen LogP contribution >= 0.6 is 11.3 Å². The van der Waals surface area contributed by atoms with Gasteiger partial charge in [0, 0.05) is 21.4 Å². The van der Waals surface area contributed by atoms with E-state index in [0.717, 1.165) is 46.6 Å². The Kier molecular flexibility index (Phi) is 7.73. The van der Waals surface area contributed by atoms with Crippen molar-refractivity contribution in [1.29, 1.82) is 0 Å². The van der Waals surface area contributed by atoms with Crippen molar-refractivity contribution < 1.29 is 18.8 Å². The summed E-state index contributed by atoms with van der Waals surface area (Å²) < 4.78 is 11.3. The van der Waals surface area contributed by atoms with Gasteiger partial charge in [0.25, 0.3) is 5.91 Å². The molecular weight excluding hydrogens is 402 g/mol. The minimum absolute atomic E-state index is 0.0119. The van der Waals surface area contributed by atoms with Crippen LogP contribution in [0.1, 0.15) is 72.1 Å². The van der Waals surface area contributed by atoms with Crippen LogP contribution in [0, 0.1) is 19.8 Å². The summed E-state index contributed by atoms with van der Waals surface area (Å²) in [7, 11) is -0.459. The molecule has 5 nitrogen and oxygen atoms in total. The van der Waals surface area contributed by atoms with E-state index >= 15 is 0 Å². The largest absolute Gasteiger partial charge is 0.469 e. The molecule has 1 aromatic rings. The van der Waals surface area contributed by atoms with Crippen LogP contribution < -0.4 is 5.32 Å². The average Bonchev–Trinajstić information content (AvgIpc) is 2.92. The second-order valence-electron chi connectivity index (χ2n) is 9.66. The third-order valence-electron chi connectivity index (χ3n) is 6.59. The molecule has 164 valence electrons. The van der Waals surface area contributed by atoms with E-state index in [0.29, 0.717) is 6.61 Å². The summed E-state index contributed by atoms with van der Waals surface area (Å²) in [5, 5.41) is 3.34. The van der Waals surface area contributed by atoms with E-state index in [4.69, 9.17) is 9.16 Å². The van der Waals surface area contributed by atoms with Gasteiger partial charge in [0.15, 0.2) is 8.32 Å². The topological polar surface area (TPSA) is 64.6 Å². The van der Waals surface area contributed by atoms with Crippen molar-refractivity contribution in [3.63, 3.8) is 0 Å². The van der Waals surface area contributed by atoms with E-state index in [-0.39, 0.29) is 28.9 Å². The molecule has 0 spiro atoms. The number of esters is 1. The molecule has 1 amide bonds. The number of carbonyl (C=O) groups is 2. The number of hydrogen-bond acceptors (Lipinski definition) is 5. The van der Waals surface area contributed by atoms with Crippen molar-refractivity contribution in [3.8, 4) is 0 Å². The number of thiophene rings is 1. The van der Waals surface area contributed by atoms with E-state index in [9.17, 15) is 9.59 Å². The zero-order chi connectivity index (χ0) is 22.0. The first-order valence-electron chi connectivity index (χ1n) is 10.5. The summed E-state index contributed by atoms with van der Waals surface area (Å²) >= 11 is 1.66. The molecule has 1 fully saturated rings. The molecule has 0 aliphatic heterocycles. The normalized spacial score (nSPS) is 20.4. The molecule has 1 saturated carbocycles. The molecular formula is C22H37NO4SSi. The first-order valence-corrected chi connectivity index (χ1v) is 14.2. The predicted molar refractivity (Wildman–Crippen MR) is 121 cm³/mol. The van der Waals surface area contributed by atoms with E-state index < -0.39 is 8.32 Å². The summed E-state index contributed by atoms with van der Waals surface area (Å²) in [6.07, 6.45) is 3.15. The highest BCUT2D eigenvalue weighted by Crippen LogP contribution is 2.38. The number of amides is 1. The van der Waals surface area contributed by atoms with E-state index in [2.05, 4.69) is 46.1 Å². The van der Waals surface area contributed by atoms with Crippen LogP contribution in [0.25, 0.3) is 0 Å². The minimum atomic E-state index is -1.89. The van der Waals surface area contributed by atoms with Crippen LogP contribution in [0.2, 0.25) is 18.1 Å². The van der Waals surface area contributed by atoms with Gasteiger partial charge in [-0.15, -0.1) is 11.3 Å². The highest BCUT2D eigenvalue weighted by molar-refractivity contribution is 7.12. The van der Waals surface area contributed by atoms with Gasteiger partial charge in [0.2, 0.25) is 0 Å². The first kappa shape index (κ1) is 24.1. The van der Waals surface area contributed by atoms with Crippen LogP contribution in [0.5, 0.6) is 0 Å². The standard InChI is InChI=1S/C22H37NO4SSi/c1-14-18(13-27-29(7,8)22(3,4)5)19(15(2)28-14)20(24)23-17-11-9-16(10-12-17)21(25)26-6/h16-17H,9-13H2,1-8H3,(H,23,24). The minimum Gasteiger partial charge on any atom is -0.469 e. The van der Waals surface area contributed by atoms with Crippen molar-refractivity contribution in [2.45, 2.75) is 91.1 Å². The predicted octanol–water partition coefficient (Wildman–Crippen LogP) is 5.35. The molecule has 1 aromatic heterocycles. The summed E-state index contributed by atoms with van der Waals surface area (Å²) in [5.74, 6) is -0.182. The molecule has 0 radical (unpaired) electrons. The Balaban J connectivity index is 2.07. The third kappa shape index (κ3) is 5.70. The Morgan fingerprint density at radius 2 is 1.69 bits per heavy atom. The summed E-state index contributed by atoms with van der Waals surface area (Å²) in [6.45, 7) is 15.7. The lowest BCUT2D eigenvalue weighted by atomic mass is 9.86. The van der Waals surface area contributed by atoms with Gasteiger partial charge in [0.05, 0.1) is 25.2 Å². The number of ether oxygens (including phenoxy) is 1. The number of carbonyl (C=O) groups excluding carboxylic acids is 2. The van der Waals surface area contributed by atoms with Crippen LogP contribution in [0.3, 0.4) is 0 Å². The fourth-order valence-electron chi connectivity index (χ4n) is 3.57. The van der Waals surface area contributed by atoms with Crippen molar-refractivity contribution in [1.82, 2.24) is 5.32 Å². The zero-order valence-corrected chi connectivity index (χ0v) is 21.0. The third-order valence-corrected chi connectivity index (χ3v) is 12.1. The van der Waals surface area contributed by atoms with Crippen LogP contribution in [-0.4, -0.2) is 33.3 Å². The fraction of sp³-hybridized carbons (Fsp3) is 0.727. The zero-order valence-electron chi connectivity index (χ0n) is 19.2. The van der Waals surface area contributed by atoms with Gasteiger partial charge in [-0.2, -0.15) is 0 Å². The van der Waals surface area contributed by atoms with E-state index in [1.807, 2.05) is 6.92 Å². The van der Waals surface area contributed by atoms with Gasteiger partial charge in [-0.25, -0.2) is 0 Å². The number of nitrogens with one attached hydrogen (secondary N) is 1. The highest BCUT2D eigenvalue weighted by Gasteiger charge is 2.38. The molecule has 7 heteroatoms. The molecule has 1 N–H and O–H groups in total. The summed E-state index contributed by atoms with van der Waals surface area (Å²) in [4.78, 5) is 27.0. The lowest BCUT2D eigenvalue weighted by Crippen LogP contribution is -2.41. The second kappa shape index (κ2) is 9.31. The monoisotopic (exact) mass is 439 g/mol. The molecule has 0 bridgehead atoms. The Hall–Kier alpha value is -1.18. The highest BCUT2D eigenvalue weighted by atomic mass is 32.1. The molecule has 0 saturated heterocycles. The Bertz CT molecular complexity index is 743. The van der Waals surface area contributed by atoms with Crippen LogP contribution in [-0.2, 0) is 20.6 Å². The SMILES string of the molecule is COC(=O)C1CCC(NC(=O)c2c(C)sc(C)c2CO[Si](C)(C)C(C)(C)C)CC1. The maximum atomic E-state index is 13.1. The molecule has 1 aliphatic carbocycles. The Morgan fingerprint density at radius 3 is 2.21 bits per heavy atom. The lowest BCUT2D eigenvalue weighted by molar-refractivity contribution is -0.146. The van der Waals surface area contributed by atoms with Gasteiger partial charge in [-0.1, -0.05) is 20.8 Å². The molecule has 0 aromatic carbocycles. The first-order chi connectivity index (χ1) is 13.4. The van der Waals surface area contributed by atoms with Gasteiger partial charge >= 0.3 is 5.97 Å². The van der Waals surface area contributed by atoms with Gasteiger partial charge in [0.1, 0.15) is 0 Å². The van der Waals surface area contributed by atoms with Gasteiger partial charge in [-0.3, -0.25) is 9.59 Å². The number of aryl methyl sites for hydroxylation is 2. The smallest absolute Gasteiger partial charge is 0.308 e. The quantitative estimate of drug-likeness (QED) is 0.479. The molecule has 2 rings (SSSR count). The van der Waals surface area contributed by atoms with Crippen molar-refractivity contribution >= 4 is 31.5 Å². The molecule has 1 aliphatic rings. The van der Waals surface area contributed by atoms with Gasteiger partial charge < -0.3 is 14.5 Å². The summed E-state index contributed by atoms with van der Waals surface area (Å²) in [6, 6.07) is 0.108. The average molecular weight is 440 g/mol. The molecule has 0 unspecified atom stereocenters. The Labute approximate surface area is 180 Å². The van der Waals surface area contributed by atoms with Crippen molar-refractivity contribution in [3.05, 3.63) is 20.9 Å². The lowest BCUT2D eigenvalue weighted by Gasteiger charge is -2.36. The van der Waals surface area contributed by atoms with Crippen molar-refractivity contribution in [2.24, 2.45) is 5.92 Å². The molecule has 29 heavy (non-hydrogen) atoms. The fourth-order valence-corrected chi connectivity index (χ4v) is 5.57. The van der Waals surface area contributed by atoms with E-state index in [1.165, 1.54) is 7.11 Å². The summed E-state index contributed by atoms with van der Waals surface area (Å²) in [5.41, 5.74) is 1.80. The Morgan fingerprint density at radius 1 is 1.10 bits per heavy atom. The number of methoxy groups -OCH3 is 1. The number of rotatable bonds is 6. The van der Waals surface area contributed by atoms with Crippen LogP contribution in [0.4, 0.5) is 0 Å². The number of hydrogen-bond donors (Lipinski definition) is 1.